The molecular formula is C13H14ClNO4. The van der Waals surface area contributed by atoms with Gasteiger partial charge in [0.15, 0.2) is 0 Å². The number of hydrogen-bond acceptors (Lipinski definition) is 3. The number of nitrogens with zero attached hydrogens (tertiary/aromatic N) is 1. The molecule has 19 heavy (non-hydrogen) atoms. The summed E-state index contributed by atoms with van der Waals surface area (Å²) in [6.45, 7) is 0.488. The van der Waals surface area contributed by atoms with Crippen molar-refractivity contribution in [2.75, 3.05) is 24.4 Å². The van der Waals surface area contributed by atoms with Gasteiger partial charge in [0, 0.05) is 18.8 Å². The molecule has 0 aliphatic carbocycles. The largest absolute Gasteiger partial charge is 0.495 e. The molecule has 1 N–H and O–H groups in total. The molecule has 2 rings (SSSR count). The maximum absolute atomic E-state index is 12.0. The predicted octanol–water partition coefficient (Wildman–Crippen LogP) is 1.99. The van der Waals surface area contributed by atoms with Gasteiger partial charge in [-0.3, -0.25) is 4.79 Å². The van der Waals surface area contributed by atoms with Crippen molar-refractivity contribution < 1.29 is 19.4 Å². The minimum absolute atomic E-state index is 0.0634. The summed E-state index contributed by atoms with van der Waals surface area (Å²) in [5.74, 6) is -0.125. The summed E-state index contributed by atoms with van der Waals surface area (Å²) in [6.07, 6.45) is 0.379. The minimum atomic E-state index is -1.04. The number of methoxy groups -OCH3 is 1. The molecule has 1 heterocycles. The summed E-state index contributed by atoms with van der Waals surface area (Å²) in [6, 6.07) is 4.46. The maximum atomic E-state index is 12.0. The monoisotopic (exact) mass is 283 g/mol. The van der Waals surface area contributed by atoms with Crippen LogP contribution >= 0.6 is 11.6 Å². The third kappa shape index (κ3) is 2.66. The second-order valence-corrected chi connectivity index (χ2v) is 4.73. The number of carboxylic acid groups (broad SMARTS) is 1. The first-order valence-electron chi connectivity index (χ1n) is 5.84. The van der Waals surface area contributed by atoms with Crippen LogP contribution < -0.4 is 9.64 Å². The number of alkyl halides is 1. The van der Waals surface area contributed by atoms with E-state index < -0.39 is 5.97 Å². The molecule has 1 aliphatic heterocycles. The van der Waals surface area contributed by atoms with Gasteiger partial charge in [0.2, 0.25) is 5.91 Å². The molecule has 0 saturated carbocycles. The van der Waals surface area contributed by atoms with Crippen LogP contribution in [0.2, 0.25) is 0 Å². The van der Waals surface area contributed by atoms with Crippen molar-refractivity contribution in [3.63, 3.8) is 0 Å². The highest BCUT2D eigenvalue weighted by molar-refractivity contribution is 6.18. The lowest BCUT2D eigenvalue weighted by Crippen LogP contribution is -2.25. The lowest BCUT2D eigenvalue weighted by atomic mass is 10.1. The fraction of sp³-hybridized carbons (Fsp3) is 0.385. The molecule has 0 spiro atoms. The van der Waals surface area contributed by atoms with Crippen molar-refractivity contribution >= 4 is 29.2 Å². The second kappa shape index (κ2) is 5.48. The van der Waals surface area contributed by atoms with Crippen LogP contribution in [0.3, 0.4) is 0 Å². The number of ether oxygens (including phenoxy) is 1. The van der Waals surface area contributed by atoms with Gasteiger partial charge < -0.3 is 14.7 Å². The summed E-state index contributed by atoms with van der Waals surface area (Å²) in [5, 5.41) is 9.01. The fourth-order valence-corrected chi connectivity index (χ4v) is 2.36. The number of anilines is 1. The topological polar surface area (TPSA) is 66.8 Å². The Bertz CT molecular complexity index is 517. The van der Waals surface area contributed by atoms with Crippen LogP contribution in [0.1, 0.15) is 16.8 Å². The highest BCUT2D eigenvalue weighted by Gasteiger charge is 2.32. The van der Waals surface area contributed by atoms with E-state index in [-0.39, 0.29) is 17.4 Å². The molecule has 1 saturated heterocycles. The molecule has 1 aromatic carbocycles. The summed E-state index contributed by atoms with van der Waals surface area (Å²) >= 11 is 5.78. The van der Waals surface area contributed by atoms with E-state index in [1.165, 1.54) is 19.2 Å². The zero-order valence-corrected chi connectivity index (χ0v) is 11.2. The predicted molar refractivity (Wildman–Crippen MR) is 71.1 cm³/mol. The Morgan fingerprint density at radius 2 is 2.32 bits per heavy atom. The number of amides is 1. The standard InChI is InChI=1S/C13H14ClNO4/c1-19-11-3-2-9(13(17)18)5-10(11)15-7-8(6-14)4-12(15)16/h2-3,5,8H,4,6-7H2,1H3,(H,17,18). The highest BCUT2D eigenvalue weighted by atomic mass is 35.5. The molecule has 6 heteroatoms. The van der Waals surface area contributed by atoms with Gasteiger partial charge in [-0.2, -0.15) is 0 Å². The van der Waals surface area contributed by atoms with Crippen molar-refractivity contribution in [1.29, 1.82) is 0 Å². The van der Waals surface area contributed by atoms with E-state index in [1.807, 2.05) is 0 Å². The number of carbonyl (C=O) groups excluding carboxylic acids is 1. The molecule has 1 aliphatic rings. The van der Waals surface area contributed by atoms with Gasteiger partial charge in [0.1, 0.15) is 5.75 Å². The number of aromatic carboxylic acids is 1. The van der Waals surface area contributed by atoms with E-state index in [0.717, 1.165) is 0 Å². The number of benzene rings is 1. The van der Waals surface area contributed by atoms with Gasteiger partial charge in [-0.1, -0.05) is 0 Å². The molecule has 1 aromatic rings. The number of carboxylic acids is 1. The third-order valence-corrected chi connectivity index (χ3v) is 3.58. The van der Waals surface area contributed by atoms with Crippen LogP contribution in [-0.2, 0) is 4.79 Å². The van der Waals surface area contributed by atoms with Crippen molar-refractivity contribution in [2.24, 2.45) is 5.92 Å². The van der Waals surface area contributed by atoms with Crippen LogP contribution in [-0.4, -0.2) is 36.5 Å². The average Bonchev–Trinajstić information content (AvgIpc) is 2.79. The SMILES string of the molecule is COc1ccc(C(=O)O)cc1N1CC(CCl)CC1=O. The Kier molecular flexibility index (Phi) is 3.95. The van der Waals surface area contributed by atoms with E-state index in [0.29, 0.717) is 30.3 Å². The molecule has 102 valence electrons. The van der Waals surface area contributed by atoms with Gasteiger partial charge in [0.05, 0.1) is 18.4 Å². The first-order valence-corrected chi connectivity index (χ1v) is 6.38. The Morgan fingerprint density at radius 1 is 1.58 bits per heavy atom. The van der Waals surface area contributed by atoms with Crippen molar-refractivity contribution in [1.82, 2.24) is 0 Å². The molecular weight excluding hydrogens is 270 g/mol. The maximum Gasteiger partial charge on any atom is 0.335 e. The normalized spacial score (nSPS) is 18.7. The minimum Gasteiger partial charge on any atom is -0.495 e. The van der Waals surface area contributed by atoms with Crippen LogP contribution in [0.5, 0.6) is 5.75 Å². The summed E-state index contributed by atoms with van der Waals surface area (Å²) < 4.78 is 5.19. The zero-order valence-electron chi connectivity index (χ0n) is 10.4. The Morgan fingerprint density at radius 3 is 2.84 bits per heavy atom. The molecule has 5 nitrogen and oxygen atoms in total. The van der Waals surface area contributed by atoms with Gasteiger partial charge in [-0.25, -0.2) is 4.79 Å². The highest BCUT2D eigenvalue weighted by Crippen LogP contribution is 2.34. The third-order valence-electron chi connectivity index (χ3n) is 3.14. The van der Waals surface area contributed by atoms with E-state index in [4.69, 9.17) is 21.4 Å². The lowest BCUT2D eigenvalue weighted by Gasteiger charge is -2.19. The van der Waals surface area contributed by atoms with Crippen LogP contribution in [0.15, 0.2) is 18.2 Å². The molecule has 1 unspecified atom stereocenters. The van der Waals surface area contributed by atoms with E-state index in [2.05, 4.69) is 0 Å². The van der Waals surface area contributed by atoms with Crippen LogP contribution in [0.4, 0.5) is 5.69 Å². The number of halogens is 1. The average molecular weight is 284 g/mol. The van der Waals surface area contributed by atoms with Crippen LogP contribution in [0.25, 0.3) is 0 Å². The van der Waals surface area contributed by atoms with E-state index in [9.17, 15) is 9.59 Å². The molecule has 1 fully saturated rings. The summed E-state index contributed by atoms with van der Waals surface area (Å²) in [4.78, 5) is 24.5. The molecule has 1 atom stereocenters. The van der Waals surface area contributed by atoms with Gasteiger partial charge in [0.25, 0.3) is 0 Å². The zero-order chi connectivity index (χ0) is 14.0. The van der Waals surface area contributed by atoms with Gasteiger partial charge >= 0.3 is 5.97 Å². The number of hydrogen-bond donors (Lipinski definition) is 1. The van der Waals surface area contributed by atoms with Crippen molar-refractivity contribution in [2.45, 2.75) is 6.42 Å². The lowest BCUT2D eigenvalue weighted by molar-refractivity contribution is -0.117. The summed E-state index contributed by atoms with van der Waals surface area (Å²) in [7, 11) is 1.48. The molecule has 0 aromatic heterocycles. The molecule has 1 amide bonds. The first-order chi connectivity index (χ1) is 9.06. The smallest absolute Gasteiger partial charge is 0.335 e. The van der Waals surface area contributed by atoms with Gasteiger partial charge in [-0.05, 0) is 24.1 Å². The Hall–Kier alpha value is -1.75. The van der Waals surface area contributed by atoms with Crippen molar-refractivity contribution in [3.05, 3.63) is 23.8 Å². The van der Waals surface area contributed by atoms with Crippen molar-refractivity contribution in [3.8, 4) is 5.75 Å². The molecule has 0 bridgehead atoms. The molecule has 0 radical (unpaired) electrons. The Balaban J connectivity index is 2.39. The summed E-state index contributed by atoms with van der Waals surface area (Å²) in [5.41, 5.74) is 0.609. The quantitative estimate of drug-likeness (QED) is 0.858. The Labute approximate surface area is 115 Å². The first kappa shape index (κ1) is 13.7. The van der Waals surface area contributed by atoms with E-state index >= 15 is 0 Å². The van der Waals surface area contributed by atoms with Gasteiger partial charge in [-0.15, -0.1) is 11.6 Å². The van der Waals surface area contributed by atoms with E-state index in [1.54, 1.807) is 11.0 Å². The number of rotatable bonds is 4. The second-order valence-electron chi connectivity index (χ2n) is 4.42. The van der Waals surface area contributed by atoms with Crippen LogP contribution in [0, 0.1) is 5.92 Å². The number of carbonyl (C=O) groups is 2. The fourth-order valence-electron chi connectivity index (χ4n) is 2.15.